The Bertz CT molecular complexity index is 1190. The minimum absolute atomic E-state index is 0.147. The average Bonchev–Trinajstić information content (AvgIpc) is 3.11. The van der Waals surface area contributed by atoms with E-state index in [-0.39, 0.29) is 17.2 Å². The van der Waals surface area contributed by atoms with Crippen LogP contribution < -0.4 is 10.9 Å². The molecular weight excluding hydrogens is 421 g/mol. The van der Waals surface area contributed by atoms with Gasteiger partial charge in [-0.1, -0.05) is 30.0 Å². The van der Waals surface area contributed by atoms with Crippen molar-refractivity contribution in [2.75, 3.05) is 6.54 Å². The van der Waals surface area contributed by atoms with E-state index >= 15 is 0 Å². The number of amides is 1. The number of halogens is 1. The number of carbonyl (C=O) groups excluding carboxylic acids is 1. The Morgan fingerprint density at radius 2 is 2.17 bits per heavy atom. The number of hydrogen-bond acceptors (Lipinski definition) is 5. The summed E-state index contributed by atoms with van der Waals surface area (Å²) in [6.07, 6.45) is 5.53. The van der Waals surface area contributed by atoms with E-state index in [4.69, 9.17) is 4.98 Å². The predicted octanol–water partition coefficient (Wildman–Crippen LogP) is 4.25. The largest absolute Gasteiger partial charge is 0.352 e. The summed E-state index contributed by atoms with van der Waals surface area (Å²) in [4.78, 5) is 32.6. The first-order chi connectivity index (χ1) is 14.5. The Morgan fingerprint density at radius 3 is 2.93 bits per heavy atom. The van der Waals surface area contributed by atoms with Crippen LogP contribution in [0.25, 0.3) is 15.9 Å². The molecule has 1 aliphatic carbocycles. The molecule has 2 aromatic heterocycles. The molecule has 0 saturated heterocycles. The number of hydrogen-bond donors (Lipinski definition) is 1. The van der Waals surface area contributed by atoms with Crippen molar-refractivity contribution in [2.45, 2.75) is 43.0 Å². The van der Waals surface area contributed by atoms with E-state index in [2.05, 4.69) is 11.9 Å². The lowest BCUT2D eigenvalue weighted by atomic mass is 9.97. The van der Waals surface area contributed by atoms with Gasteiger partial charge in [0, 0.05) is 11.4 Å². The highest BCUT2D eigenvalue weighted by Gasteiger charge is 2.25. The number of aryl methyl sites for hydroxylation is 2. The van der Waals surface area contributed by atoms with Gasteiger partial charge < -0.3 is 5.32 Å². The predicted molar refractivity (Wildman–Crippen MR) is 120 cm³/mol. The van der Waals surface area contributed by atoms with E-state index in [1.807, 2.05) is 0 Å². The fourth-order valence-electron chi connectivity index (χ4n) is 3.64. The number of nitrogens with zero attached hydrogens (tertiary/aromatic N) is 2. The van der Waals surface area contributed by atoms with E-state index in [1.54, 1.807) is 42.5 Å². The lowest BCUT2D eigenvalue weighted by molar-refractivity contribution is -0.120. The van der Waals surface area contributed by atoms with Crippen LogP contribution in [0.2, 0.25) is 0 Å². The van der Waals surface area contributed by atoms with Gasteiger partial charge >= 0.3 is 0 Å². The van der Waals surface area contributed by atoms with Gasteiger partial charge in [0.15, 0.2) is 5.16 Å². The molecule has 1 amide bonds. The van der Waals surface area contributed by atoms with Crippen molar-refractivity contribution in [2.24, 2.45) is 0 Å². The molecule has 3 aromatic rings. The van der Waals surface area contributed by atoms with Gasteiger partial charge in [0.1, 0.15) is 10.6 Å². The molecule has 1 atom stereocenters. The molecule has 0 fully saturated rings. The lowest BCUT2D eigenvalue weighted by Gasteiger charge is -2.16. The summed E-state index contributed by atoms with van der Waals surface area (Å²) in [5.74, 6) is -0.699. The van der Waals surface area contributed by atoms with Crippen LogP contribution in [0.3, 0.4) is 0 Å². The van der Waals surface area contributed by atoms with E-state index in [1.165, 1.54) is 15.5 Å². The quantitative estimate of drug-likeness (QED) is 0.352. The second kappa shape index (κ2) is 8.73. The molecule has 156 valence electrons. The molecule has 0 radical (unpaired) electrons. The van der Waals surface area contributed by atoms with Gasteiger partial charge in [-0.3, -0.25) is 14.2 Å². The number of aromatic nitrogens is 2. The molecule has 1 aliphatic rings. The first-order valence-electron chi connectivity index (χ1n) is 9.88. The van der Waals surface area contributed by atoms with Crippen LogP contribution in [0.1, 0.15) is 30.2 Å². The monoisotopic (exact) mass is 443 g/mol. The van der Waals surface area contributed by atoms with E-state index < -0.39 is 11.1 Å². The Hall–Kier alpha value is -2.45. The average molecular weight is 444 g/mol. The molecule has 1 aromatic carbocycles. The van der Waals surface area contributed by atoms with Gasteiger partial charge in [0.25, 0.3) is 5.56 Å². The van der Waals surface area contributed by atoms with Crippen molar-refractivity contribution in [3.63, 3.8) is 0 Å². The minimum Gasteiger partial charge on any atom is -0.352 e. The number of rotatable bonds is 6. The van der Waals surface area contributed by atoms with Crippen LogP contribution in [0.15, 0.2) is 46.9 Å². The Labute approximate surface area is 182 Å². The molecule has 0 spiro atoms. The molecule has 30 heavy (non-hydrogen) atoms. The lowest BCUT2D eigenvalue weighted by Crippen LogP contribution is -2.32. The molecule has 0 saturated carbocycles. The van der Waals surface area contributed by atoms with Crippen LogP contribution >= 0.6 is 23.1 Å². The van der Waals surface area contributed by atoms with Crippen molar-refractivity contribution < 1.29 is 9.18 Å². The molecule has 1 unspecified atom stereocenters. The maximum absolute atomic E-state index is 14.7. The van der Waals surface area contributed by atoms with Crippen molar-refractivity contribution >= 4 is 39.2 Å². The smallest absolute Gasteiger partial charge is 0.267 e. The normalized spacial score (nSPS) is 14.3. The zero-order chi connectivity index (χ0) is 21.3. The van der Waals surface area contributed by atoms with E-state index in [0.29, 0.717) is 21.9 Å². The number of benzene rings is 1. The van der Waals surface area contributed by atoms with Gasteiger partial charge in [-0.25, -0.2) is 9.37 Å². The SMILES string of the molecule is C=CCNC(=O)C(C)Sc1nc2sc3c(c2c(=O)n1-c1ccccc1F)CCCC3. The topological polar surface area (TPSA) is 64.0 Å². The third-order valence-electron chi connectivity index (χ3n) is 5.12. The molecule has 8 heteroatoms. The molecule has 0 bridgehead atoms. The third-order valence-corrected chi connectivity index (χ3v) is 7.36. The number of fused-ring (bicyclic) bond motifs is 3. The van der Waals surface area contributed by atoms with Crippen molar-refractivity contribution in [1.29, 1.82) is 0 Å². The first kappa shape index (κ1) is 20.8. The summed E-state index contributed by atoms with van der Waals surface area (Å²) in [6.45, 7) is 5.69. The van der Waals surface area contributed by atoms with Crippen LogP contribution in [0.5, 0.6) is 0 Å². The Kier molecular flexibility index (Phi) is 6.06. The zero-order valence-corrected chi connectivity index (χ0v) is 18.2. The van der Waals surface area contributed by atoms with Gasteiger partial charge in [-0.15, -0.1) is 17.9 Å². The number of thioether (sulfide) groups is 1. The van der Waals surface area contributed by atoms with Gasteiger partial charge in [-0.05, 0) is 50.3 Å². The molecule has 1 N–H and O–H groups in total. The number of para-hydroxylation sites is 1. The van der Waals surface area contributed by atoms with Crippen molar-refractivity contribution in [1.82, 2.24) is 14.9 Å². The third kappa shape index (κ3) is 3.81. The summed E-state index contributed by atoms with van der Waals surface area (Å²) in [5.41, 5.74) is 0.928. The fourth-order valence-corrected chi connectivity index (χ4v) is 5.89. The van der Waals surface area contributed by atoms with E-state index in [9.17, 15) is 14.0 Å². The molecular formula is C22H22FN3O2S2. The van der Waals surface area contributed by atoms with E-state index in [0.717, 1.165) is 43.0 Å². The highest BCUT2D eigenvalue weighted by Crippen LogP contribution is 2.36. The maximum Gasteiger partial charge on any atom is 0.267 e. The van der Waals surface area contributed by atoms with Crippen molar-refractivity contribution in [3.05, 3.63) is 63.5 Å². The molecule has 0 aliphatic heterocycles. The number of thiophene rings is 1. The summed E-state index contributed by atoms with van der Waals surface area (Å²) in [6, 6.07) is 6.16. The van der Waals surface area contributed by atoms with Crippen molar-refractivity contribution in [3.8, 4) is 5.69 Å². The Morgan fingerprint density at radius 1 is 1.40 bits per heavy atom. The van der Waals surface area contributed by atoms with Crippen LogP contribution in [-0.2, 0) is 17.6 Å². The first-order valence-corrected chi connectivity index (χ1v) is 11.6. The second-order valence-electron chi connectivity index (χ2n) is 7.17. The highest BCUT2D eigenvalue weighted by molar-refractivity contribution is 8.00. The minimum atomic E-state index is -0.512. The van der Waals surface area contributed by atoms with Crippen LogP contribution in [-0.4, -0.2) is 27.3 Å². The standard InChI is InChI=1S/C22H22FN3O2S2/c1-3-12-24-19(27)13(2)29-22-25-20-18(14-8-4-7-11-17(14)30-20)21(28)26(22)16-10-6-5-9-15(16)23/h3,5-6,9-10,13H,1,4,7-8,11-12H2,2H3,(H,24,27). The zero-order valence-electron chi connectivity index (χ0n) is 16.6. The van der Waals surface area contributed by atoms with Crippen LogP contribution in [0.4, 0.5) is 4.39 Å². The summed E-state index contributed by atoms with van der Waals surface area (Å²) >= 11 is 2.69. The number of nitrogens with one attached hydrogen (secondary N) is 1. The number of carbonyl (C=O) groups is 1. The molecule has 2 heterocycles. The van der Waals surface area contributed by atoms with Gasteiger partial charge in [0.05, 0.1) is 16.3 Å². The molecule has 4 rings (SSSR count). The highest BCUT2D eigenvalue weighted by atomic mass is 32.2. The Balaban J connectivity index is 1.89. The summed E-state index contributed by atoms with van der Waals surface area (Å²) in [7, 11) is 0. The summed E-state index contributed by atoms with van der Waals surface area (Å²) in [5, 5.41) is 3.14. The van der Waals surface area contributed by atoms with Gasteiger partial charge in [-0.2, -0.15) is 0 Å². The van der Waals surface area contributed by atoms with Crippen LogP contribution in [0, 0.1) is 5.82 Å². The fraction of sp³-hybridized carbons (Fsp3) is 0.318. The second-order valence-corrected chi connectivity index (χ2v) is 9.56. The maximum atomic E-state index is 14.7. The molecule has 5 nitrogen and oxygen atoms in total. The summed E-state index contributed by atoms with van der Waals surface area (Å²) < 4.78 is 16.0. The van der Waals surface area contributed by atoms with Gasteiger partial charge in [0.2, 0.25) is 5.91 Å².